The van der Waals surface area contributed by atoms with E-state index in [-0.39, 0.29) is 12.5 Å². The zero-order chi connectivity index (χ0) is 23.3. The lowest BCUT2D eigenvalue weighted by molar-refractivity contribution is -0.159. The molecular formula is C23H27N7O3. The Morgan fingerprint density at radius 2 is 2.18 bits per heavy atom. The molecule has 0 radical (unpaired) electrons. The van der Waals surface area contributed by atoms with Crippen molar-refractivity contribution in [1.29, 1.82) is 0 Å². The molecule has 1 aliphatic heterocycles. The fourth-order valence-corrected chi connectivity index (χ4v) is 4.20. The van der Waals surface area contributed by atoms with Gasteiger partial charge in [-0.3, -0.25) is 4.79 Å². The number of hydrogen-bond donors (Lipinski definition) is 2. The number of anilines is 1. The minimum Gasteiger partial charge on any atom is -0.371 e. The number of likely N-dealkylation sites (N-methyl/N-ethyl adjacent to an activating group) is 1. The highest BCUT2D eigenvalue weighted by Gasteiger charge is 2.38. The van der Waals surface area contributed by atoms with Crippen molar-refractivity contribution in [3.8, 4) is 11.4 Å². The van der Waals surface area contributed by atoms with Gasteiger partial charge in [0.25, 0.3) is 5.91 Å². The number of imidazole rings is 1. The van der Waals surface area contributed by atoms with Gasteiger partial charge < -0.3 is 29.2 Å². The number of aryl methyl sites for hydroxylation is 1. The number of nitrogens with one attached hydrogen (secondary N) is 2. The number of aromatic nitrogens is 5. The molecule has 10 heteroatoms. The number of H-pyrrole nitrogens is 1. The van der Waals surface area contributed by atoms with Crippen LogP contribution in [-0.2, 0) is 27.9 Å². The van der Waals surface area contributed by atoms with E-state index in [1.54, 1.807) is 32.1 Å². The van der Waals surface area contributed by atoms with Crippen molar-refractivity contribution in [1.82, 2.24) is 29.4 Å². The van der Waals surface area contributed by atoms with Crippen LogP contribution in [0.2, 0.25) is 0 Å². The molecule has 1 aliphatic rings. The predicted octanol–water partition coefficient (Wildman–Crippen LogP) is 2.66. The summed E-state index contributed by atoms with van der Waals surface area (Å²) in [7, 11) is 5.54. The van der Waals surface area contributed by atoms with E-state index in [2.05, 4.69) is 20.3 Å². The average molecular weight is 450 g/mol. The molecule has 0 spiro atoms. The van der Waals surface area contributed by atoms with Crippen LogP contribution in [0.5, 0.6) is 0 Å². The molecule has 5 heterocycles. The smallest absolute Gasteiger partial charge is 0.254 e. The Labute approximate surface area is 190 Å². The molecule has 0 aromatic carbocycles. The quantitative estimate of drug-likeness (QED) is 0.482. The van der Waals surface area contributed by atoms with Crippen LogP contribution in [0.1, 0.15) is 19.5 Å². The first kappa shape index (κ1) is 21.4. The number of rotatable bonds is 5. The highest BCUT2D eigenvalue weighted by Crippen LogP contribution is 2.31. The standard InChI is InChI=1S/C23H27N7O3/c1-23(2)32-11-17(33-23)22(31)29(4)10-13-7-6-8-15(26-13)16-9-14-19-18(25-12-30(19)5)21(24-3)28-20(14)27-16/h6-9,12,17H,10-11H2,1-5H3,(H2,24,27,28)/t17-/m1/s1. The first-order valence-corrected chi connectivity index (χ1v) is 10.8. The molecule has 33 heavy (non-hydrogen) atoms. The third-order valence-corrected chi connectivity index (χ3v) is 5.82. The van der Waals surface area contributed by atoms with Gasteiger partial charge in [-0.15, -0.1) is 0 Å². The summed E-state index contributed by atoms with van der Waals surface area (Å²) < 4.78 is 13.2. The molecular weight excluding hydrogens is 422 g/mol. The number of nitrogens with zero attached hydrogens (tertiary/aromatic N) is 5. The molecule has 1 fully saturated rings. The first-order valence-electron chi connectivity index (χ1n) is 10.8. The second kappa shape index (κ2) is 7.82. The van der Waals surface area contributed by atoms with Gasteiger partial charge in [0.05, 0.1) is 42.1 Å². The van der Waals surface area contributed by atoms with Crippen molar-refractivity contribution in [3.63, 3.8) is 0 Å². The first-order chi connectivity index (χ1) is 15.8. The number of aromatic amines is 1. The van der Waals surface area contributed by atoms with Crippen molar-refractivity contribution in [2.75, 3.05) is 26.0 Å². The minimum absolute atomic E-state index is 0.124. The van der Waals surface area contributed by atoms with Crippen molar-refractivity contribution in [3.05, 3.63) is 36.3 Å². The highest BCUT2D eigenvalue weighted by atomic mass is 16.7. The lowest BCUT2D eigenvalue weighted by Gasteiger charge is -2.21. The van der Waals surface area contributed by atoms with Crippen LogP contribution in [0.25, 0.3) is 33.5 Å². The molecule has 2 N–H and O–H groups in total. The summed E-state index contributed by atoms with van der Waals surface area (Å²) in [5, 5.41) is 4.09. The summed E-state index contributed by atoms with van der Waals surface area (Å²) in [6, 6.07) is 7.82. The van der Waals surface area contributed by atoms with Gasteiger partial charge in [0, 0.05) is 26.5 Å². The molecule has 1 amide bonds. The lowest BCUT2D eigenvalue weighted by Crippen LogP contribution is -2.38. The van der Waals surface area contributed by atoms with Gasteiger partial charge in [-0.05, 0) is 32.0 Å². The monoisotopic (exact) mass is 449 g/mol. The van der Waals surface area contributed by atoms with Crippen LogP contribution in [0.15, 0.2) is 30.6 Å². The molecule has 0 bridgehead atoms. The Kier molecular flexibility index (Phi) is 5.06. The van der Waals surface area contributed by atoms with E-state index in [4.69, 9.17) is 14.5 Å². The van der Waals surface area contributed by atoms with Gasteiger partial charge in [0.1, 0.15) is 11.2 Å². The molecule has 10 nitrogen and oxygen atoms in total. The fourth-order valence-electron chi connectivity index (χ4n) is 4.20. The number of amides is 1. The van der Waals surface area contributed by atoms with Crippen molar-refractivity contribution >= 4 is 33.8 Å². The average Bonchev–Trinajstić information content (AvgIpc) is 3.49. The minimum atomic E-state index is -0.741. The summed E-state index contributed by atoms with van der Waals surface area (Å²) in [6.07, 6.45) is 1.18. The normalized spacial score (nSPS) is 17.7. The number of pyridine rings is 2. The van der Waals surface area contributed by atoms with Crippen LogP contribution < -0.4 is 5.32 Å². The zero-order valence-corrected chi connectivity index (χ0v) is 19.3. The van der Waals surface area contributed by atoms with Crippen LogP contribution >= 0.6 is 0 Å². The van der Waals surface area contributed by atoms with Crippen molar-refractivity contribution < 1.29 is 14.3 Å². The van der Waals surface area contributed by atoms with E-state index in [1.807, 2.05) is 42.9 Å². The zero-order valence-electron chi connectivity index (χ0n) is 19.3. The van der Waals surface area contributed by atoms with Gasteiger partial charge in [-0.2, -0.15) is 0 Å². The second-order valence-corrected chi connectivity index (χ2v) is 8.73. The van der Waals surface area contributed by atoms with E-state index in [0.29, 0.717) is 6.54 Å². The fraction of sp³-hybridized carbons (Fsp3) is 0.391. The Morgan fingerprint density at radius 3 is 2.91 bits per heavy atom. The Balaban J connectivity index is 1.43. The van der Waals surface area contributed by atoms with E-state index < -0.39 is 11.9 Å². The van der Waals surface area contributed by atoms with Gasteiger partial charge in [-0.1, -0.05) is 6.07 Å². The SMILES string of the molecule is CNc1nc2[nH]c(-c3cccc(CN(C)C(=O)[C@H]4COC(C)(C)O4)n3)cc2c2c1ncn2C. The molecule has 1 atom stereocenters. The summed E-state index contributed by atoms with van der Waals surface area (Å²) in [6.45, 7) is 4.22. The predicted molar refractivity (Wildman–Crippen MR) is 125 cm³/mol. The van der Waals surface area contributed by atoms with Crippen LogP contribution in [0.3, 0.4) is 0 Å². The summed E-state index contributed by atoms with van der Waals surface area (Å²) in [4.78, 5) is 31.7. The lowest BCUT2D eigenvalue weighted by atomic mass is 10.2. The van der Waals surface area contributed by atoms with E-state index >= 15 is 0 Å². The summed E-state index contributed by atoms with van der Waals surface area (Å²) in [5.74, 6) is -0.148. The number of hydrogen-bond acceptors (Lipinski definition) is 7. The van der Waals surface area contributed by atoms with Crippen molar-refractivity contribution in [2.24, 2.45) is 7.05 Å². The Bertz CT molecular complexity index is 1360. The Morgan fingerprint density at radius 1 is 1.36 bits per heavy atom. The molecule has 5 rings (SSSR count). The molecule has 0 saturated carbocycles. The number of ether oxygens (including phenoxy) is 2. The summed E-state index contributed by atoms with van der Waals surface area (Å²) >= 11 is 0. The number of carbonyl (C=O) groups excluding carboxylic acids is 1. The molecule has 172 valence electrons. The maximum Gasteiger partial charge on any atom is 0.254 e. The number of carbonyl (C=O) groups is 1. The second-order valence-electron chi connectivity index (χ2n) is 8.73. The maximum absolute atomic E-state index is 12.8. The molecule has 4 aromatic rings. The van der Waals surface area contributed by atoms with Crippen LogP contribution in [-0.4, -0.2) is 67.9 Å². The van der Waals surface area contributed by atoms with E-state index in [9.17, 15) is 4.79 Å². The highest BCUT2D eigenvalue weighted by molar-refractivity contribution is 6.07. The largest absolute Gasteiger partial charge is 0.371 e. The molecule has 1 saturated heterocycles. The van der Waals surface area contributed by atoms with Gasteiger partial charge in [0.15, 0.2) is 17.7 Å². The summed E-state index contributed by atoms with van der Waals surface area (Å²) in [5.41, 5.74) is 4.96. The molecule has 4 aromatic heterocycles. The number of fused-ring (bicyclic) bond motifs is 3. The van der Waals surface area contributed by atoms with Gasteiger partial charge >= 0.3 is 0 Å². The maximum atomic E-state index is 12.8. The topological polar surface area (TPSA) is 110 Å². The Hall–Kier alpha value is -3.50. The van der Waals surface area contributed by atoms with Crippen LogP contribution in [0, 0.1) is 0 Å². The van der Waals surface area contributed by atoms with Crippen molar-refractivity contribution in [2.45, 2.75) is 32.3 Å². The van der Waals surface area contributed by atoms with E-state index in [0.717, 1.165) is 45.0 Å². The molecule has 0 unspecified atom stereocenters. The van der Waals surface area contributed by atoms with Gasteiger partial charge in [-0.25, -0.2) is 15.0 Å². The van der Waals surface area contributed by atoms with E-state index in [1.165, 1.54) is 0 Å². The van der Waals surface area contributed by atoms with Gasteiger partial charge in [0.2, 0.25) is 0 Å². The third-order valence-electron chi connectivity index (χ3n) is 5.82. The van der Waals surface area contributed by atoms with Crippen LogP contribution in [0.4, 0.5) is 5.82 Å². The third kappa shape index (κ3) is 3.81. The molecule has 0 aliphatic carbocycles.